The van der Waals surface area contributed by atoms with Gasteiger partial charge in [-0.2, -0.15) is 0 Å². The minimum atomic E-state index is -0.576. The molecule has 0 aliphatic heterocycles. The highest BCUT2D eigenvalue weighted by atomic mass is 79.9. The van der Waals surface area contributed by atoms with Gasteiger partial charge in [-0.3, -0.25) is 0 Å². The summed E-state index contributed by atoms with van der Waals surface area (Å²) < 4.78 is 11.4. The highest BCUT2D eigenvalue weighted by Crippen LogP contribution is 2.29. The fourth-order valence-electron chi connectivity index (χ4n) is 1.44. The first kappa shape index (κ1) is 12.1. The van der Waals surface area contributed by atoms with Crippen LogP contribution >= 0.6 is 15.9 Å². The summed E-state index contributed by atoms with van der Waals surface area (Å²) in [5.41, 5.74) is 0.743. The van der Waals surface area contributed by atoms with Crippen LogP contribution in [0.2, 0.25) is 0 Å². The van der Waals surface area contributed by atoms with Crippen LogP contribution in [0.1, 0.15) is 24.4 Å². The lowest BCUT2D eigenvalue weighted by atomic mass is 10.1. The molecule has 0 aliphatic rings. The van der Waals surface area contributed by atoms with Gasteiger partial charge < -0.3 is 14.4 Å². The van der Waals surface area contributed by atoms with E-state index in [-0.39, 0.29) is 6.61 Å². The molecule has 2 aromatic rings. The molecule has 17 heavy (non-hydrogen) atoms. The Hall–Kier alpha value is -1.33. The molecule has 2 rings (SSSR count). The number of hydrogen-bond acceptors (Lipinski definition) is 4. The normalized spacial score (nSPS) is 12.4. The number of nitrogens with zero attached hydrogens (tertiary/aromatic N) is 1. The van der Waals surface area contributed by atoms with Crippen LogP contribution < -0.4 is 4.74 Å². The molecule has 1 heterocycles. The molecule has 0 aliphatic carbocycles. The Morgan fingerprint density at radius 1 is 1.47 bits per heavy atom. The van der Waals surface area contributed by atoms with Crippen LogP contribution in [0.3, 0.4) is 0 Å². The first-order valence-corrected chi connectivity index (χ1v) is 5.96. The number of benzene rings is 1. The molecule has 0 radical (unpaired) electrons. The Morgan fingerprint density at radius 3 is 2.94 bits per heavy atom. The van der Waals surface area contributed by atoms with Gasteiger partial charge in [0.25, 0.3) is 0 Å². The summed E-state index contributed by atoms with van der Waals surface area (Å²) in [4.78, 5) is 0. The summed E-state index contributed by atoms with van der Waals surface area (Å²) in [6, 6.07) is 7.24. The molecule has 0 saturated heterocycles. The highest BCUT2D eigenvalue weighted by molar-refractivity contribution is 9.10. The Kier molecular flexibility index (Phi) is 3.81. The molecule has 0 unspecified atom stereocenters. The Morgan fingerprint density at radius 2 is 2.29 bits per heavy atom. The number of aliphatic hydroxyl groups excluding tert-OH is 1. The summed E-state index contributed by atoms with van der Waals surface area (Å²) in [7, 11) is 0. The lowest BCUT2D eigenvalue weighted by Crippen LogP contribution is -2.00. The van der Waals surface area contributed by atoms with E-state index in [2.05, 4.69) is 21.1 Å². The summed E-state index contributed by atoms with van der Waals surface area (Å²) in [5.74, 6) is 1.27. The molecule has 1 aromatic carbocycles. The zero-order chi connectivity index (χ0) is 12.3. The van der Waals surface area contributed by atoms with Crippen molar-refractivity contribution in [1.29, 1.82) is 0 Å². The summed E-state index contributed by atoms with van der Waals surface area (Å²) in [6.45, 7) is 1.99. The van der Waals surface area contributed by atoms with Gasteiger partial charge >= 0.3 is 0 Å². The number of aliphatic hydroxyl groups is 1. The van der Waals surface area contributed by atoms with Gasteiger partial charge in [0.15, 0.2) is 5.76 Å². The fraction of sp³-hybridized carbons (Fsp3) is 0.250. The molecule has 0 bridgehead atoms. The van der Waals surface area contributed by atoms with Crippen LogP contribution in [0.4, 0.5) is 0 Å². The third-order valence-corrected chi connectivity index (χ3v) is 2.78. The standard InChI is InChI=1S/C12H12BrNO3/c1-8(15)11-3-2-9(13)6-12(11)16-7-10-4-5-14-17-10/h2-6,8,15H,7H2,1H3/t8-/m0/s1. The van der Waals surface area contributed by atoms with E-state index >= 15 is 0 Å². The van der Waals surface area contributed by atoms with Crippen molar-refractivity contribution in [1.82, 2.24) is 5.16 Å². The smallest absolute Gasteiger partial charge is 0.174 e. The minimum absolute atomic E-state index is 0.288. The molecular formula is C12H12BrNO3. The lowest BCUT2D eigenvalue weighted by Gasteiger charge is -2.12. The molecule has 0 fully saturated rings. The molecule has 5 heteroatoms. The quantitative estimate of drug-likeness (QED) is 0.942. The molecule has 90 valence electrons. The van der Waals surface area contributed by atoms with Crippen LogP contribution in [0, 0.1) is 0 Å². The van der Waals surface area contributed by atoms with Crippen LogP contribution in [-0.2, 0) is 6.61 Å². The predicted molar refractivity (Wildman–Crippen MR) is 65.6 cm³/mol. The van der Waals surface area contributed by atoms with E-state index in [4.69, 9.17) is 9.26 Å². The van der Waals surface area contributed by atoms with Crippen molar-refractivity contribution in [2.24, 2.45) is 0 Å². The van der Waals surface area contributed by atoms with Crippen LogP contribution in [0.5, 0.6) is 5.75 Å². The first-order valence-electron chi connectivity index (χ1n) is 5.16. The van der Waals surface area contributed by atoms with Gasteiger partial charge in [0.05, 0.1) is 12.3 Å². The zero-order valence-corrected chi connectivity index (χ0v) is 10.8. The predicted octanol–water partition coefficient (Wildman–Crippen LogP) is 3.07. The SMILES string of the molecule is C[C@H](O)c1ccc(Br)cc1OCc1ccno1. The van der Waals surface area contributed by atoms with E-state index in [0.717, 1.165) is 10.0 Å². The summed E-state index contributed by atoms with van der Waals surface area (Å²) in [6.07, 6.45) is 0.989. The van der Waals surface area contributed by atoms with E-state index in [1.54, 1.807) is 19.2 Å². The Labute approximate surface area is 107 Å². The molecule has 1 N–H and O–H groups in total. The second kappa shape index (κ2) is 5.33. The van der Waals surface area contributed by atoms with Gasteiger partial charge in [-0.05, 0) is 19.1 Å². The van der Waals surface area contributed by atoms with Crippen molar-refractivity contribution in [2.75, 3.05) is 0 Å². The zero-order valence-electron chi connectivity index (χ0n) is 9.26. The van der Waals surface area contributed by atoms with Gasteiger partial charge in [-0.15, -0.1) is 0 Å². The second-order valence-corrected chi connectivity index (χ2v) is 4.54. The van der Waals surface area contributed by atoms with Gasteiger partial charge in [-0.1, -0.05) is 27.2 Å². The van der Waals surface area contributed by atoms with Crippen molar-refractivity contribution in [3.63, 3.8) is 0 Å². The maximum absolute atomic E-state index is 9.62. The topological polar surface area (TPSA) is 55.5 Å². The molecule has 1 aromatic heterocycles. The van der Waals surface area contributed by atoms with E-state index in [1.807, 2.05) is 18.2 Å². The largest absolute Gasteiger partial charge is 0.485 e. The highest BCUT2D eigenvalue weighted by Gasteiger charge is 2.10. The molecule has 0 amide bonds. The lowest BCUT2D eigenvalue weighted by molar-refractivity contribution is 0.186. The number of hydrogen-bond donors (Lipinski definition) is 1. The average Bonchev–Trinajstić information content (AvgIpc) is 2.78. The Balaban J connectivity index is 2.16. The minimum Gasteiger partial charge on any atom is -0.485 e. The van der Waals surface area contributed by atoms with Gasteiger partial charge in [0.1, 0.15) is 12.4 Å². The van der Waals surface area contributed by atoms with Crippen molar-refractivity contribution in [3.05, 3.63) is 46.3 Å². The van der Waals surface area contributed by atoms with Crippen molar-refractivity contribution >= 4 is 15.9 Å². The molecule has 0 saturated carbocycles. The first-order chi connectivity index (χ1) is 8.16. The van der Waals surface area contributed by atoms with Gasteiger partial charge in [-0.25, -0.2) is 0 Å². The molecule has 0 spiro atoms. The summed E-state index contributed by atoms with van der Waals surface area (Å²) >= 11 is 3.37. The Bertz CT molecular complexity index is 483. The molecule has 4 nitrogen and oxygen atoms in total. The van der Waals surface area contributed by atoms with Crippen molar-refractivity contribution < 1.29 is 14.4 Å². The van der Waals surface area contributed by atoms with E-state index in [9.17, 15) is 5.11 Å². The fourth-order valence-corrected chi connectivity index (χ4v) is 1.78. The van der Waals surface area contributed by atoms with E-state index in [1.165, 1.54) is 0 Å². The van der Waals surface area contributed by atoms with Crippen molar-refractivity contribution in [3.8, 4) is 5.75 Å². The number of rotatable bonds is 4. The van der Waals surface area contributed by atoms with Gasteiger partial charge in [0.2, 0.25) is 0 Å². The second-order valence-electron chi connectivity index (χ2n) is 3.63. The molecule has 1 atom stereocenters. The number of ether oxygens (including phenoxy) is 1. The maximum atomic E-state index is 9.62. The van der Waals surface area contributed by atoms with E-state index in [0.29, 0.717) is 11.5 Å². The summed E-state index contributed by atoms with van der Waals surface area (Å²) in [5, 5.41) is 13.2. The number of halogens is 1. The number of aromatic nitrogens is 1. The third kappa shape index (κ3) is 3.08. The maximum Gasteiger partial charge on any atom is 0.174 e. The van der Waals surface area contributed by atoms with Crippen molar-refractivity contribution in [2.45, 2.75) is 19.6 Å². The van der Waals surface area contributed by atoms with E-state index < -0.39 is 6.10 Å². The third-order valence-electron chi connectivity index (χ3n) is 2.29. The van der Waals surface area contributed by atoms with Gasteiger partial charge in [0, 0.05) is 16.1 Å². The van der Waals surface area contributed by atoms with Crippen LogP contribution in [-0.4, -0.2) is 10.3 Å². The monoisotopic (exact) mass is 297 g/mol. The molecular weight excluding hydrogens is 286 g/mol. The van der Waals surface area contributed by atoms with Crippen LogP contribution in [0.25, 0.3) is 0 Å². The average molecular weight is 298 g/mol. The van der Waals surface area contributed by atoms with Crippen LogP contribution in [0.15, 0.2) is 39.5 Å².